The number of aromatic nitrogens is 1. The van der Waals surface area contributed by atoms with E-state index < -0.39 is 11.9 Å². The van der Waals surface area contributed by atoms with Gasteiger partial charge >= 0.3 is 5.97 Å². The molecule has 9 nitrogen and oxygen atoms in total. The lowest BCUT2D eigenvalue weighted by Crippen LogP contribution is -2.35. The number of fused-ring (bicyclic) bond motifs is 1. The van der Waals surface area contributed by atoms with E-state index in [1.807, 2.05) is 19.1 Å². The smallest absolute Gasteiger partial charge is 0.343 e. The zero-order chi connectivity index (χ0) is 25.1. The Morgan fingerprint density at radius 1 is 1.11 bits per heavy atom. The third-order valence-electron chi connectivity index (χ3n) is 5.15. The number of hydrazone groups is 1. The Morgan fingerprint density at radius 3 is 2.69 bits per heavy atom. The molecule has 0 saturated carbocycles. The summed E-state index contributed by atoms with van der Waals surface area (Å²) in [6.07, 6.45) is 4.86. The second-order valence-corrected chi connectivity index (χ2v) is 8.52. The third kappa shape index (κ3) is 4.66. The van der Waals surface area contributed by atoms with E-state index in [1.54, 1.807) is 67.0 Å². The number of ether oxygens (including phenoxy) is 2. The topological polar surface area (TPSA) is 117 Å². The molecule has 0 atom stereocenters. The van der Waals surface area contributed by atoms with Gasteiger partial charge in [0.2, 0.25) is 5.17 Å². The molecule has 1 amide bonds. The number of amides is 1. The predicted octanol–water partition coefficient (Wildman–Crippen LogP) is 4.37. The van der Waals surface area contributed by atoms with Gasteiger partial charge in [-0.2, -0.15) is 15.1 Å². The molecular weight excluding hydrogens is 478 g/mol. The molecule has 0 spiro atoms. The van der Waals surface area contributed by atoms with E-state index in [4.69, 9.17) is 14.9 Å². The lowest BCUT2D eigenvalue weighted by atomic mass is 10.1. The van der Waals surface area contributed by atoms with Crippen LogP contribution in [-0.4, -0.2) is 44.5 Å². The molecule has 0 bridgehead atoms. The number of aliphatic imine (C=N–C) groups is 1. The van der Waals surface area contributed by atoms with Gasteiger partial charge in [0, 0.05) is 18.0 Å². The van der Waals surface area contributed by atoms with Crippen molar-refractivity contribution in [1.82, 2.24) is 9.99 Å². The summed E-state index contributed by atoms with van der Waals surface area (Å²) in [7, 11) is 0. The van der Waals surface area contributed by atoms with Crippen LogP contribution in [0.1, 0.15) is 28.4 Å². The molecule has 0 fully saturated rings. The van der Waals surface area contributed by atoms with Crippen LogP contribution in [0.15, 0.2) is 88.7 Å². The van der Waals surface area contributed by atoms with Gasteiger partial charge in [0.15, 0.2) is 17.3 Å². The monoisotopic (exact) mass is 497 g/mol. The van der Waals surface area contributed by atoms with Crippen LogP contribution in [0.25, 0.3) is 6.08 Å². The minimum absolute atomic E-state index is 0.0759. The quantitative estimate of drug-likeness (QED) is 0.305. The molecule has 0 unspecified atom stereocenters. The number of benzene rings is 2. The van der Waals surface area contributed by atoms with E-state index in [0.717, 1.165) is 5.56 Å². The molecule has 0 radical (unpaired) electrons. The van der Waals surface area contributed by atoms with Gasteiger partial charge in [0.25, 0.3) is 5.91 Å². The van der Waals surface area contributed by atoms with Gasteiger partial charge < -0.3 is 9.47 Å². The van der Waals surface area contributed by atoms with Crippen LogP contribution in [0.5, 0.6) is 11.5 Å². The van der Waals surface area contributed by atoms with Crippen molar-refractivity contribution in [3.05, 3.63) is 95.3 Å². The lowest BCUT2D eigenvalue weighted by Gasteiger charge is -2.20. The number of carbonyl (C=O) groups is 2. The fraction of sp³-hybridized carbons (Fsp3) is 0.0769. The number of rotatable bonds is 6. The van der Waals surface area contributed by atoms with E-state index in [0.29, 0.717) is 33.7 Å². The van der Waals surface area contributed by atoms with Crippen LogP contribution >= 0.6 is 11.8 Å². The van der Waals surface area contributed by atoms with E-state index in [1.165, 1.54) is 16.8 Å². The highest BCUT2D eigenvalue weighted by molar-refractivity contribution is 8.27. The number of carbonyl (C=O) groups excluding carboxylic acids is 2. The van der Waals surface area contributed by atoms with Crippen LogP contribution in [0.3, 0.4) is 0 Å². The van der Waals surface area contributed by atoms with Gasteiger partial charge in [-0.25, -0.2) is 4.79 Å². The van der Waals surface area contributed by atoms with Crippen molar-refractivity contribution >= 4 is 45.8 Å². The number of nitrogens with one attached hydrogen (secondary N) is 1. The summed E-state index contributed by atoms with van der Waals surface area (Å²) in [4.78, 5) is 33.5. The summed E-state index contributed by atoms with van der Waals surface area (Å²) in [5, 5.41) is 15.3. The molecule has 5 rings (SSSR count). The standard InChI is InChI=1S/C26H19N5O4S/c1-2-34-21-14-16(10-11-20(21)35-25(33)17-7-4-3-5-8-17)13-19-22(27)31-26(29-23(19)32)36-24(30-31)18-9-6-12-28-15-18/h3-15,27H,2H2,1H3. The second kappa shape index (κ2) is 9.96. The first-order valence-electron chi connectivity index (χ1n) is 11.0. The van der Waals surface area contributed by atoms with Gasteiger partial charge in [0.05, 0.1) is 17.7 Å². The SMILES string of the molecule is CCOc1cc(C=C2C(=N)N3N=C(c4cccnc4)SC3=NC2=O)ccc1OC(=O)c1ccccc1. The molecular formula is C26H19N5O4S. The fourth-order valence-electron chi connectivity index (χ4n) is 3.46. The average molecular weight is 498 g/mol. The maximum Gasteiger partial charge on any atom is 0.343 e. The minimum Gasteiger partial charge on any atom is -0.490 e. The Morgan fingerprint density at radius 2 is 1.94 bits per heavy atom. The summed E-state index contributed by atoms with van der Waals surface area (Å²) < 4.78 is 11.2. The largest absolute Gasteiger partial charge is 0.490 e. The molecule has 2 aliphatic rings. The molecule has 10 heteroatoms. The number of hydrogen-bond donors (Lipinski definition) is 1. The minimum atomic E-state index is -0.543. The summed E-state index contributed by atoms with van der Waals surface area (Å²) in [5.41, 5.74) is 1.84. The van der Waals surface area contributed by atoms with E-state index in [2.05, 4.69) is 15.1 Å². The number of amidine groups is 2. The normalized spacial score (nSPS) is 15.9. The Bertz CT molecular complexity index is 1450. The predicted molar refractivity (Wildman–Crippen MR) is 137 cm³/mol. The van der Waals surface area contributed by atoms with Gasteiger partial charge in [-0.05, 0) is 66.7 Å². The first-order valence-corrected chi connectivity index (χ1v) is 11.8. The Labute approximate surface area is 210 Å². The number of hydrogen-bond acceptors (Lipinski definition) is 8. The molecule has 2 aliphatic heterocycles. The summed E-state index contributed by atoms with van der Waals surface area (Å²) in [5.74, 6) is -0.556. The summed E-state index contributed by atoms with van der Waals surface area (Å²) in [6, 6.07) is 17.2. The first kappa shape index (κ1) is 23.2. The maximum absolute atomic E-state index is 12.8. The van der Waals surface area contributed by atoms with Crippen molar-refractivity contribution in [3.63, 3.8) is 0 Å². The van der Waals surface area contributed by atoms with Crippen LogP contribution in [0.2, 0.25) is 0 Å². The highest BCUT2D eigenvalue weighted by Crippen LogP contribution is 2.33. The summed E-state index contributed by atoms with van der Waals surface area (Å²) >= 11 is 1.21. The van der Waals surface area contributed by atoms with E-state index in [-0.39, 0.29) is 17.2 Å². The number of nitrogens with zero attached hydrogens (tertiary/aromatic N) is 4. The lowest BCUT2D eigenvalue weighted by molar-refractivity contribution is -0.114. The van der Waals surface area contributed by atoms with Crippen molar-refractivity contribution in [1.29, 1.82) is 5.41 Å². The van der Waals surface area contributed by atoms with E-state index >= 15 is 0 Å². The van der Waals surface area contributed by atoms with Crippen LogP contribution in [0, 0.1) is 5.41 Å². The van der Waals surface area contributed by atoms with Crippen molar-refractivity contribution < 1.29 is 19.1 Å². The van der Waals surface area contributed by atoms with Gasteiger partial charge in [-0.1, -0.05) is 24.3 Å². The molecule has 0 saturated heterocycles. The highest BCUT2D eigenvalue weighted by atomic mass is 32.2. The summed E-state index contributed by atoms with van der Waals surface area (Å²) in [6.45, 7) is 2.16. The average Bonchev–Trinajstić information content (AvgIpc) is 3.33. The van der Waals surface area contributed by atoms with Crippen molar-refractivity contribution in [2.24, 2.45) is 10.1 Å². The number of pyridine rings is 1. The molecule has 3 heterocycles. The van der Waals surface area contributed by atoms with E-state index in [9.17, 15) is 9.59 Å². The zero-order valence-electron chi connectivity index (χ0n) is 19.0. The van der Waals surface area contributed by atoms with Crippen LogP contribution in [-0.2, 0) is 4.79 Å². The van der Waals surface area contributed by atoms with Crippen LogP contribution < -0.4 is 9.47 Å². The molecule has 1 aromatic heterocycles. The number of thioether (sulfide) groups is 1. The maximum atomic E-state index is 12.8. The van der Waals surface area contributed by atoms with Gasteiger partial charge in [0.1, 0.15) is 5.04 Å². The second-order valence-electron chi connectivity index (χ2n) is 7.56. The molecule has 3 aromatic rings. The van der Waals surface area contributed by atoms with Crippen LogP contribution in [0.4, 0.5) is 0 Å². The Balaban J connectivity index is 1.42. The van der Waals surface area contributed by atoms with Gasteiger partial charge in [-0.3, -0.25) is 15.2 Å². The fourth-order valence-corrected chi connectivity index (χ4v) is 4.35. The zero-order valence-corrected chi connectivity index (χ0v) is 19.9. The third-order valence-corrected chi connectivity index (χ3v) is 6.11. The number of esters is 1. The molecule has 2 aromatic carbocycles. The Hall–Kier alpha value is -4.57. The molecule has 36 heavy (non-hydrogen) atoms. The Kier molecular flexibility index (Phi) is 6.42. The molecule has 0 aliphatic carbocycles. The van der Waals surface area contributed by atoms with Crippen molar-refractivity contribution in [2.75, 3.05) is 6.61 Å². The first-order chi connectivity index (χ1) is 17.5. The highest BCUT2D eigenvalue weighted by Gasteiger charge is 2.36. The van der Waals surface area contributed by atoms with Crippen molar-refractivity contribution in [2.45, 2.75) is 6.92 Å². The molecule has 178 valence electrons. The van der Waals surface area contributed by atoms with Crippen molar-refractivity contribution in [3.8, 4) is 11.5 Å². The molecule has 1 N–H and O–H groups in total. The van der Waals surface area contributed by atoms with Gasteiger partial charge in [-0.15, -0.1) is 0 Å².